The Morgan fingerprint density at radius 1 is 1.20 bits per heavy atom. The van der Waals surface area contributed by atoms with Gasteiger partial charge in [-0.15, -0.1) is 0 Å². The third kappa shape index (κ3) is 2.20. The van der Waals surface area contributed by atoms with E-state index in [1.165, 1.54) is 17.7 Å². The number of fused-ring (bicyclic) bond motifs is 1. The number of aryl methyl sites for hydroxylation is 2. The number of amides is 1. The molecule has 1 heterocycles. The number of anilines is 1. The molecule has 1 aliphatic rings. The molecule has 3 rings (SSSR count). The van der Waals surface area contributed by atoms with Crippen molar-refractivity contribution in [3.8, 4) is 0 Å². The Morgan fingerprint density at radius 2 is 2.00 bits per heavy atom. The summed E-state index contributed by atoms with van der Waals surface area (Å²) in [5.41, 5.74) is 3.68. The van der Waals surface area contributed by atoms with Gasteiger partial charge in [-0.1, -0.05) is 24.3 Å². The number of rotatable bonds is 1. The molecule has 0 spiro atoms. The molecule has 0 bridgehead atoms. The zero-order chi connectivity index (χ0) is 14.1. The summed E-state index contributed by atoms with van der Waals surface area (Å²) in [5, 5.41) is 0. The van der Waals surface area contributed by atoms with E-state index in [1.807, 2.05) is 19.1 Å². The Kier molecular flexibility index (Phi) is 3.26. The topological polar surface area (TPSA) is 20.3 Å². The standard InChI is InChI=1S/C17H16FNO/c1-12-5-2-6-13-8-4-10-19(16(12)13)17(20)14-7-3-9-15(18)11-14/h2-3,5-7,9,11H,4,8,10H2,1H3. The molecule has 20 heavy (non-hydrogen) atoms. The van der Waals surface area contributed by atoms with Crippen LogP contribution in [0.2, 0.25) is 0 Å². The molecular formula is C17H16FNO. The Bertz CT molecular complexity index is 666. The minimum absolute atomic E-state index is 0.125. The van der Waals surface area contributed by atoms with Crippen LogP contribution in [0, 0.1) is 12.7 Å². The molecule has 0 aromatic heterocycles. The lowest BCUT2D eigenvalue weighted by molar-refractivity contribution is 0.0984. The lowest BCUT2D eigenvalue weighted by atomic mass is 9.97. The maximum Gasteiger partial charge on any atom is 0.258 e. The SMILES string of the molecule is Cc1cccc2c1N(C(=O)c1cccc(F)c1)CCC2. The van der Waals surface area contributed by atoms with E-state index in [4.69, 9.17) is 0 Å². The average molecular weight is 269 g/mol. The van der Waals surface area contributed by atoms with Crippen molar-refractivity contribution >= 4 is 11.6 Å². The van der Waals surface area contributed by atoms with Crippen molar-refractivity contribution in [3.05, 3.63) is 65.0 Å². The third-order valence-electron chi connectivity index (χ3n) is 3.74. The second kappa shape index (κ2) is 5.08. The fourth-order valence-electron chi connectivity index (χ4n) is 2.83. The van der Waals surface area contributed by atoms with Gasteiger partial charge in [0.2, 0.25) is 0 Å². The minimum atomic E-state index is -0.377. The van der Waals surface area contributed by atoms with Crippen LogP contribution < -0.4 is 4.90 Å². The molecule has 0 unspecified atom stereocenters. The molecule has 0 atom stereocenters. The Hall–Kier alpha value is -2.16. The van der Waals surface area contributed by atoms with E-state index in [-0.39, 0.29) is 11.7 Å². The summed E-state index contributed by atoms with van der Waals surface area (Å²) in [5.74, 6) is -0.502. The van der Waals surface area contributed by atoms with Crippen LogP contribution in [-0.2, 0) is 6.42 Å². The highest BCUT2D eigenvalue weighted by Crippen LogP contribution is 2.31. The summed E-state index contributed by atoms with van der Waals surface area (Å²) in [4.78, 5) is 14.4. The van der Waals surface area contributed by atoms with Crippen molar-refractivity contribution in [1.29, 1.82) is 0 Å². The van der Waals surface area contributed by atoms with Gasteiger partial charge < -0.3 is 4.90 Å². The largest absolute Gasteiger partial charge is 0.308 e. The highest BCUT2D eigenvalue weighted by atomic mass is 19.1. The van der Waals surface area contributed by atoms with Gasteiger partial charge in [0.25, 0.3) is 5.91 Å². The number of carbonyl (C=O) groups excluding carboxylic acids is 1. The normalized spacial score (nSPS) is 14.0. The molecule has 0 saturated carbocycles. The second-order valence-corrected chi connectivity index (χ2v) is 5.15. The maximum atomic E-state index is 13.3. The molecule has 0 radical (unpaired) electrons. The number of hydrogen-bond donors (Lipinski definition) is 0. The van der Waals surface area contributed by atoms with Crippen molar-refractivity contribution in [2.75, 3.05) is 11.4 Å². The van der Waals surface area contributed by atoms with E-state index in [0.29, 0.717) is 12.1 Å². The fraction of sp³-hybridized carbons (Fsp3) is 0.235. The van der Waals surface area contributed by atoms with Crippen LogP contribution in [0.3, 0.4) is 0 Å². The van der Waals surface area contributed by atoms with Crippen molar-refractivity contribution in [2.24, 2.45) is 0 Å². The van der Waals surface area contributed by atoms with Crippen LogP contribution in [0.1, 0.15) is 27.9 Å². The molecular weight excluding hydrogens is 253 g/mol. The molecule has 102 valence electrons. The van der Waals surface area contributed by atoms with Crippen LogP contribution in [-0.4, -0.2) is 12.5 Å². The van der Waals surface area contributed by atoms with Gasteiger partial charge in [0.15, 0.2) is 0 Å². The first-order chi connectivity index (χ1) is 9.66. The summed E-state index contributed by atoms with van der Waals surface area (Å²) < 4.78 is 13.3. The molecule has 0 fully saturated rings. The van der Waals surface area contributed by atoms with Crippen LogP contribution in [0.5, 0.6) is 0 Å². The van der Waals surface area contributed by atoms with Gasteiger partial charge in [-0.25, -0.2) is 4.39 Å². The number of halogens is 1. The minimum Gasteiger partial charge on any atom is -0.308 e. The van der Waals surface area contributed by atoms with Gasteiger partial charge in [0.1, 0.15) is 5.82 Å². The smallest absolute Gasteiger partial charge is 0.258 e. The molecule has 1 aliphatic heterocycles. The lowest BCUT2D eigenvalue weighted by Crippen LogP contribution is -2.36. The molecule has 0 N–H and O–H groups in total. The number of nitrogens with zero attached hydrogens (tertiary/aromatic N) is 1. The molecule has 0 saturated heterocycles. The molecule has 3 heteroatoms. The van der Waals surface area contributed by atoms with Crippen molar-refractivity contribution < 1.29 is 9.18 Å². The molecule has 2 aromatic rings. The van der Waals surface area contributed by atoms with Crippen LogP contribution in [0.15, 0.2) is 42.5 Å². The highest BCUT2D eigenvalue weighted by Gasteiger charge is 2.24. The van der Waals surface area contributed by atoms with Crippen molar-refractivity contribution in [1.82, 2.24) is 0 Å². The predicted octanol–water partition coefficient (Wildman–Crippen LogP) is 3.73. The van der Waals surface area contributed by atoms with Crippen molar-refractivity contribution in [2.45, 2.75) is 19.8 Å². The predicted molar refractivity (Wildman–Crippen MR) is 77.6 cm³/mol. The monoisotopic (exact) mass is 269 g/mol. The number of carbonyl (C=O) groups is 1. The average Bonchev–Trinajstić information content (AvgIpc) is 2.46. The van der Waals surface area contributed by atoms with Crippen LogP contribution in [0.4, 0.5) is 10.1 Å². The quantitative estimate of drug-likeness (QED) is 0.772. The van der Waals surface area contributed by atoms with E-state index < -0.39 is 0 Å². The summed E-state index contributed by atoms with van der Waals surface area (Å²) in [7, 11) is 0. The highest BCUT2D eigenvalue weighted by molar-refractivity contribution is 6.07. The molecule has 1 amide bonds. The summed E-state index contributed by atoms with van der Waals surface area (Å²) in [6, 6.07) is 12.0. The van der Waals surface area contributed by atoms with E-state index in [9.17, 15) is 9.18 Å². The molecule has 2 aromatic carbocycles. The van der Waals surface area contributed by atoms with E-state index in [0.717, 1.165) is 24.1 Å². The van der Waals surface area contributed by atoms with E-state index >= 15 is 0 Å². The first-order valence-corrected chi connectivity index (χ1v) is 6.83. The van der Waals surface area contributed by atoms with Gasteiger partial charge in [-0.3, -0.25) is 4.79 Å². The van der Waals surface area contributed by atoms with Gasteiger partial charge in [0.05, 0.1) is 5.69 Å². The Labute approximate surface area is 117 Å². The Morgan fingerprint density at radius 3 is 2.80 bits per heavy atom. The molecule has 2 nitrogen and oxygen atoms in total. The van der Waals surface area contributed by atoms with Gasteiger partial charge in [-0.05, 0) is 49.1 Å². The van der Waals surface area contributed by atoms with E-state index in [2.05, 4.69) is 6.07 Å². The number of benzene rings is 2. The van der Waals surface area contributed by atoms with Crippen LogP contribution in [0.25, 0.3) is 0 Å². The zero-order valence-electron chi connectivity index (χ0n) is 11.4. The maximum absolute atomic E-state index is 13.3. The summed E-state index contributed by atoms with van der Waals surface area (Å²) in [6.45, 7) is 2.70. The summed E-state index contributed by atoms with van der Waals surface area (Å²) in [6.07, 6.45) is 1.93. The fourth-order valence-corrected chi connectivity index (χ4v) is 2.83. The zero-order valence-corrected chi connectivity index (χ0v) is 11.4. The Balaban J connectivity index is 2.03. The first-order valence-electron chi connectivity index (χ1n) is 6.83. The van der Waals surface area contributed by atoms with E-state index in [1.54, 1.807) is 17.0 Å². The van der Waals surface area contributed by atoms with Gasteiger partial charge >= 0.3 is 0 Å². The third-order valence-corrected chi connectivity index (χ3v) is 3.74. The lowest BCUT2D eigenvalue weighted by Gasteiger charge is -2.31. The first kappa shape index (κ1) is 12.9. The van der Waals surface area contributed by atoms with Gasteiger partial charge in [-0.2, -0.15) is 0 Å². The molecule has 0 aliphatic carbocycles. The second-order valence-electron chi connectivity index (χ2n) is 5.15. The number of para-hydroxylation sites is 1. The number of hydrogen-bond acceptors (Lipinski definition) is 1. The van der Waals surface area contributed by atoms with Gasteiger partial charge in [0, 0.05) is 12.1 Å². The summed E-state index contributed by atoms with van der Waals surface area (Å²) >= 11 is 0. The van der Waals surface area contributed by atoms with Crippen LogP contribution >= 0.6 is 0 Å². The van der Waals surface area contributed by atoms with Crippen molar-refractivity contribution in [3.63, 3.8) is 0 Å².